The van der Waals surface area contributed by atoms with Gasteiger partial charge < -0.3 is 9.47 Å². The van der Waals surface area contributed by atoms with E-state index in [9.17, 15) is 4.79 Å². The zero-order valence-electron chi connectivity index (χ0n) is 15.3. The number of aromatic nitrogens is 2. The maximum Gasteiger partial charge on any atom is 0.271 e. The summed E-state index contributed by atoms with van der Waals surface area (Å²) in [6, 6.07) is 15.0. The maximum atomic E-state index is 13.0. The third kappa shape index (κ3) is 3.48. The lowest BCUT2D eigenvalue weighted by atomic mass is 10.2. The minimum atomic E-state index is -0.0863. The van der Waals surface area contributed by atoms with Crippen molar-refractivity contribution in [3.05, 3.63) is 75.8 Å². The van der Waals surface area contributed by atoms with Gasteiger partial charge in [-0.1, -0.05) is 11.6 Å². The van der Waals surface area contributed by atoms with E-state index in [1.807, 2.05) is 30.3 Å². The van der Waals surface area contributed by atoms with Gasteiger partial charge in [-0.15, -0.1) is 11.3 Å². The highest BCUT2D eigenvalue weighted by Crippen LogP contribution is 2.32. The van der Waals surface area contributed by atoms with Gasteiger partial charge in [0.1, 0.15) is 16.2 Å². The van der Waals surface area contributed by atoms with Crippen LogP contribution >= 0.6 is 22.9 Å². The molecule has 2 aromatic heterocycles. The first-order valence-electron chi connectivity index (χ1n) is 8.55. The van der Waals surface area contributed by atoms with E-state index in [4.69, 9.17) is 21.1 Å². The van der Waals surface area contributed by atoms with E-state index < -0.39 is 0 Å². The van der Waals surface area contributed by atoms with Crippen LogP contribution in [0.1, 0.15) is 5.56 Å². The van der Waals surface area contributed by atoms with Crippen LogP contribution in [0.15, 0.2) is 59.7 Å². The molecule has 0 radical (unpaired) electrons. The van der Waals surface area contributed by atoms with Crippen LogP contribution in [-0.4, -0.2) is 23.8 Å². The Morgan fingerprint density at radius 3 is 2.57 bits per heavy atom. The molecule has 0 atom stereocenters. The van der Waals surface area contributed by atoms with Gasteiger partial charge in [0.15, 0.2) is 0 Å². The standard InChI is InChI=1S/C21H17ClN2O3S/c1-26-16-6-3-13(4-7-16)19-10-17-20(28-19)21(25)24(12-23-17)11-14-9-15(22)5-8-18(14)27-2/h3-10,12H,11H2,1-2H3. The number of hydrogen-bond donors (Lipinski definition) is 0. The molecule has 0 aliphatic rings. The second kappa shape index (κ2) is 7.66. The summed E-state index contributed by atoms with van der Waals surface area (Å²) in [5.41, 5.74) is 2.45. The summed E-state index contributed by atoms with van der Waals surface area (Å²) in [5, 5.41) is 0.593. The van der Waals surface area contributed by atoms with Gasteiger partial charge in [-0.05, 0) is 54.1 Å². The molecule has 0 bridgehead atoms. The molecule has 0 fully saturated rings. The van der Waals surface area contributed by atoms with Crippen LogP contribution < -0.4 is 15.0 Å². The molecule has 0 saturated heterocycles. The lowest BCUT2D eigenvalue weighted by molar-refractivity contribution is 0.408. The molecule has 142 valence electrons. The van der Waals surface area contributed by atoms with E-state index in [0.717, 1.165) is 21.8 Å². The zero-order valence-corrected chi connectivity index (χ0v) is 16.9. The van der Waals surface area contributed by atoms with Crippen LogP contribution in [0.25, 0.3) is 20.7 Å². The van der Waals surface area contributed by atoms with Crippen molar-refractivity contribution in [2.24, 2.45) is 0 Å². The second-order valence-electron chi connectivity index (χ2n) is 6.19. The van der Waals surface area contributed by atoms with Crippen molar-refractivity contribution in [1.82, 2.24) is 9.55 Å². The summed E-state index contributed by atoms with van der Waals surface area (Å²) in [5.74, 6) is 1.47. The minimum Gasteiger partial charge on any atom is -0.497 e. The average molecular weight is 413 g/mol. The zero-order chi connectivity index (χ0) is 19.7. The predicted octanol–water partition coefficient (Wildman–Crippen LogP) is 4.84. The smallest absolute Gasteiger partial charge is 0.271 e. The number of hydrogen-bond acceptors (Lipinski definition) is 5. The molecule has 0 spiro atoms. The van der Waals surface area contributed by atoms with Gasteiger partial charge in [0.25, 0.3) is 5.56 Å². The topological polar surface area (TPSA) is 53.4 Å². The number of rotatable bonds is 5. The molecule has 0 aliphatic carbocycles. The number of fused-ring (bicyclic) bond motifs is 1. The van der Waals surface area contributed by atoms with E-state index in [0.29, 0.717) is 27.5 Å². The van der Waals surface area contributed by atoms with Crippen LogP contribution in [-0.2, 0) is 6.54 Å². The van der Waals surface area contributed by atoms with Crippen LogP contribution in [0.3, 0.4) is 0 Å². The molecule has 0 aliphatic heterocycles. The fourth-order valence-corrected chi connectivity index (χ4v) is 4.27. The van der Waals surface area contributed by atoms with Gasteiger partial charge in [-0.3, -0.25) is 9.36 Å². The Morgan fingerprint density at radius 1 is 1.07 bits per heavy atom. The molecule has 4 aromatic rings. The van der Waals surface area contributed by atoms with Crippen LogP contribution in [0.5, 0.6) is 11.5 Å². The highest BCUT2D eigenvalue weighted by atomic mass is 35.5. The highest BCUT2D eigenvalue weighted by molar-refractivity contribution is 7.22. The molecule has 0 N–H and O–H groups in total. The predicted molar refractivity (Wildman–Crippen MR) is 113 cm³/mol. The third-order valence-corrected chi connectivity index (χ3v) is 5.86. The summed E-state index contributed by atoms with van der Waals surface area (Å²) < 4.78 is 12.8. The van der Waals surface area contributed by atoms with Crippen molar-refractivity contribution < 1.29 is 9.47 Å². The van der Waals surface area contributed by atoms with Crippen LogP contribution in [0.4, 0.5) is 0 Å². The van der Waals surface area contributed by atoms with Gasteiger partial charge in [-0.25, -0.2) is 4.98 Å². The fraction of sp³-hybridized carbons (Fsp3) is 0.143. The highest BCUT2D eigenvalue weighted by Gasteiger charge is 2.12. The van der Waals surface area contributed by atoms with Gasteiger partial charge in [0.05, 0.1) is 32.6 Å². The molecule has 0 saturated carbocycles. The van der Waals surface area contributed by atoms with E-state index in [1.54, 1.807) is 43.3 Å². The molecule has 2 heterocycles. The molecular formula is C21H17ClN2O3S. The number of methoxy groups -OCH3 is 2. The number of thiophene rings is 1. The van der Waals surface area contributed by atoms with Crippen molar-refractivity contribution in [2.45, 2.75) is 6.54 Å². The molecule has 28 heavy (non-hydrogen) atoms. The Morgan fingerprint density at radius 2 is 1.86 bits per heavy atom. The minimum absolute atomic E-state index is 0.0863. The van der Waals surface area contributed by atoms with Gasteiger partial charge in [0, 0.05) is 15.5 Å². The first kappa shape index (κ1) is 18.5. The lowest BCUT2D eigenvalue weighted by Crippen LogP contribution is -2.20. The van der Waals surface area contributed by atoms with E-state index >= 15 is 0 Å². The van der Waals surface area contributed by atoms with E-state index in [2.05, 4.69) is 4.98 Å². The average Bonchev–Trinajstić information content (AvgIpc) is 3.15. The maximum absolute atomic E-state index is 13.0. The Balaban J connectivity index is 1.73. The number of ether oxygens (including phenoxy) is 2. The van der Waals surface area contributed by atoms with Crippen molar-refractivity contribution in [1.29, 1.82) is 0 Å². The van der Waals surface area contributed by atoms with Crippen molar-refractivity contribution >= 4 is 33.2 Å². The molecule has 0 amide bonds. The normalized spacial score (nSPS) is 11.0. The van der Waals surface area contributed by atoms with Crippen molar-refractivity contribution in [2.75, 3.05) is 14.2 Å². The van der Waals surface area contributed by atoms with Gasteiger partial charge in [0.2, 0.25) is 0 Å². The van der Waals surface area contributed by atoms with E-state index in [-0.39, 0.29) is 5.56 Å². The Labute approximate surface area is 170 Å². The first-order chi connectivity index (χ1) is 13.6. The van der Waals surface area contributed by atoms with Crippen LogP contribution in [0, 0.1) is 0 Å². The largest absolute Gasteiger partial charge is 0.497 e. The summed E-state index contributed by atoms with van der Waals surface area (Å²) >= 11 is 7.54. The molecule has 5 nitrogen and oxygen atoms in total. The first-order valence-corrected chi connectivity index (χ1v) is 9.74. The summed E-state index contributed by atoms with van der Waals surface area (Å²) in [6.45, 7) is 0.335. The molecule has 2 aromatic carbocycles. The number of halogens is 1. The monoisotopic (exact) mass is 412 g/mol. The van der Waals surface area contributed by atoms with Gasteiger partial charge >= 0.3 is 0 Å². The molecule has 0 unspecified atom stereocenters. The van der Waals surface area contributed by atoms with Crippen molar-refractivity contribution in [3.63, 3.8) is 0 Å². The second-order valence-corrected chi connectivity index (χ2v) is 7.68. The summed E-state index contributed by atoms with van der Waals surface area (Å²) in [6.07, 6.45) is 1.57. The Hall–Kier alpha value is -2.83. The quantitative estimate of drug-likeness (QED) is 0.470. The Bertz CT molecular complexity index is 1200. The van der Waals surface area contributed by atoms with Gasteiger partial charge in [-0.2, -0.15) is 0 Å². The van der Waals surface area contributed by atoms with Crippen molar-refractivity contribution in [3.8, 4) is 21.9 Å². The summed E-state index contributed by atoms with van der Waals surface area (Å²) in [4.78, 5) is 18.5. The number of benzene rings is 2. The van der Waals surface area contributed by atoms with Crippen LogP contribution in [0.2, 0.25) is 5.02 Å². The SMILES string of the molecule is COc1ccc(-c2cc3ncn(Cc4cc(Cl)ccc4OC)c(=O)c3s2)cc1. The third-order valence-electron chi connectivity index (χ3n) is 4.46. The molecule has 7 heteroatoms. The fourth-order valence-electron chi connectivity index (χ4n) is 3.01. The Kier molecular flexibility index (Phi) is 5.07. The lowest BCUT2D eigenvalue weighted by Gasteiger charge is -2.10. The summed E-state index contributed by atoms with van der Waals surface area (Å²) in [7, 11) is 3.23. The molecular weight excluding hydrogens is 396 g/mol. The number of nitrogens with zero attached hydrogens (tertiary/aromatic N) is 2. The molecule has 4 rings (SSSR count). The van der Waals surface area contributed by atoms with E-state index in [1.165, 1.54) is 11.3 Å².